The fraction of sp³-hybridized carbons (Fsp3) is 0.241. The van der Waals surface area contributed by atoms with E-state index in [0.717, 1.165) is 76.7 Å². The van der Waals surface area contributed by atoms with Crippen molar-refractivity contribution < 1.29 is 9.47 Å². The highest BCUT2D eigenvalue weighted by molar-refractivity contribution is 7.14. The molecule has 8 heteroatoms. The zero-order valence-corrected chi connectivity index (χ0v) is 22.1. The highest BCUT2D eigenvalue weighted by Crippen LogP contribution is 2.40. The first kappa shape index (κ1) is 24.0. The Kier molecular flexibility index (Phi) is 6.83. The third-order valence-corrected chi connectivity index (χ3v) is 7.90. The van der Waals surface area contributed by atoms with E-state index in [4.69, 9.17) is 31.2 Å². The van der Waals surface area contributed by atoms with Gasteiger partial charge in [0.15, 0.2) is 0 Å². The Bertz CT molecular complexity index is 1380. The lowest BCUT2D eigenvalue weighted by molar-refractivity contribution is 0.122. The van der Waals surface area contributed by atoms with Crippen LogP contribution < -0.4 is 14.6 Å². The van der Waals surface area contributed by atoms with Gasteiger partial charge in [-0.25, -0.2) is 9.99 Å². The van der Waals surface area contributed by atoms with E-state index in [0.29, 0.717) is 0 Å². The van der Waals surface area contributed by atoms with Crippen molar-refractivity contribution in [1.29, 1.82) is 0 Å². The van der Waals surface area contributed by atoms with Crippen molar-refractivity contribution in [2.45, 2.75) is 12.5 Å². The van der Waals surface area contributed by atoms with E-state index < -0.39 is 0 Å². The molecule has 4 aromatic rings. The van der Waals surface area contributed by atoms with Gasteiger partial charge in [-0.15, -0.1) is 11.3 Å². The summed E-state index contributed by atoms with van der Waals surface area (Å²) >= 11 is 7.80. The fourth-order valence-electron chi connectivity index (χ4n) is 4.76. The van der Waals surface area contributed by atoms with Gasteiger partial charge in [-0.2, -0.15) is 5.10 Å². The van der Waals surface area contributed by atoms with Crippen LogP contribution in [0.25, 0.3) is 11.3 Å². The molecule has 3 heterocycles. The summed E-state index contributed by atoms with van der Waals surface area (Å²) in [7, 11) is 1.67. The first-order valence-corrected chi connectivity index (χ1v) is 13.6. The second kappa shape index (κ2) is 10.5. The molecule has 0 radical (unpaired) electrons. The molecular formula is C29H27ClN4O2S. The van der Waals surface area contributed by atoms with Crippen LogP contribution in [0.3, 0.4) is 0 Å². The average Bonchev–Trinajstić information content (AvgIpc) is 3.62. The third-order valence-electron chi connectivity index (χ3n) is 6.82. The van der Waals surface area contributed by atoms with Gasteiger partial charge in [0.05, 0.1) is 37.8 Å². The second-order valence-electron chi connectivity index (χ2n) is 9.05. The minimum absolute atomic E-state index is 0.0426. The molecule has 0 spiro atoms. The number of hydrogen-bond acceptors (Lipinski definition) is 7. The van der Waals surface area contributed by atoms with Crippen molar-refractivity contribution in [3.63, 3.8) is 0 Å². The van der Waals surface area contributed by atoms with E-state index >= 15 is 0 Å². The monoisotopic (exact) mass is 530 g/mol. The van der Waals surface area contributed by atoms with Gasteiger partial charge in [0.1, 0.15) is 5.75 Å². The maximum Gasteiger partial charge on any atom is 0.207 e. The predicted molar refractivity (Wildman–Crippen MR) is 151 cm³/mol. The van der Waals surface area contributed by atoms with Gasteiger partial charge in [-0.1, -0.05) is 35.9 Å². The molecular weight excluding hydrogens is 504 g/mol. The number of anilines is 2. The van der Waals surface area contributed by atoms with Crippen LogP contribution >= 0.6 is 22.9 Å². The zero-order valence-electron chi connectivity index (χ0n) is 20.5. The van der Waals surface area contributed by atoms with Gasteiger partial charge in [0, 0.05) is 41.2 Å². The van der Waals surface area contributed by atoms with Gasteiger partial charge in [0.2, 0.25) is 5.13 Å². The van der Waals surface area contributed by atoms with Gasteiger partial charge < -0.3 is 14.4 Å². The van der Waals surface area contributed by atoms with Gasteiger partial charge in [-0.05, 0) is 59.7 Å². The lowest BCUT2D eigenvalue weighted by atomic mass is 9.98. The molecule has 0 bridgehead atoms. The van der Waals surface area contributed by atoms with Gasteiger partial charge in [-0.3, -0.25) is 0 Å². The highest BCUT2D eigenvalue weighted by Gasteiger charge is 2.32. The minimum Gasteiger partial charge on any atom is -0.497 e. The average molecular weight is 531 g/mol. The Morgan fingerprint density at radius 1 is 0.919 bits per heavy atom. The van der Waals surface area contributed by atoms with Crippen molar-refractivity contribution in [3.8, 4) is 17.0 Å². The number of hydrogen-bond donors (Lipinski definition) is 0. The molecule has 6 rings (SSSR count). The van der Waals surface area contributed by atoms with Crippen LogP contribution in [0.2, 0.25) is 5.02 Å². The Hall–Kier alpha value is -3.39. The van der Waals surface area contributed by atoms with Crippen LogP contribution in [0.5, 0.6) is 5.75 Å². The standard InChI is InChI=1S/C29H27ClN4O2S/c1-35-25-12-6-21(7-13-25)27-19-37-29(31-27)34-28(22-2-8-23(30)9-3-22)18-26(32-34)20-4-10-24(11-5-20)33-14-16-36-17-15-33/h2-13,19,28H,14-18H2,1H3. The summed E-state index contributed by atoms with van der Waals surface area (Å²) < 4.78 is 10.8. The molecule has 1 unspecified atom stereocenters. The molecule has 1 saturated heterocycles. The van der Waals surface area contributed by atoms with E-state index in [-0.39, 0.29) is 6.04 Å². The quantitative estimate of drug-likeness (QED) is 0.279. The van der Waals surface area contributed by atoms with Gasteiger partial charge in [0.25, 0.3) is 0 Å². The number of thiazole rings is 1. The van der Waals surface area contributed by atoms with E-state index in [1.165, 1.54) is 5.69 Å². The molecule has 3 aromatic carbocycles. The summed E-state index contributed by atoms with van der Waals surface area (Å²) in [5.74, 6) is 0.829. The summed E-state index contributed by atoms with van der Waals surface area (Å²) in [6.45, 7) is 3.40. The first-order valence-electron chi connectivity index (χ1n) is 12.3. The van der Waals surface area contributed by atoms with Crippen molar-refractivity contribution in [3.05, 3.63) is 94.3 Å². The van der Waals surface area contributed by atoms with E-state index in [9.17, 15) is 0 Å². The number of halogens is 1. The Labute approximate surface area is 225 Å². The van der Waals surface area contributed by atoms with E-state index in [1.54, 1.807) is 18.4 Å². The summed E-state index contributed by atoms with van der Waals surface area (Å²) in [6.07, 6.45) is 0.788. The number of rotatable bonds is 6. The molecule has 1 fully saturated rings. The molecule has 188 valence electrons. The van der Waals surface area contributed by atoms with Crippen LogP contribution in [0.15, 0.2) is 83.3 Å². The van der Waals surface area contributed by atoms with E-state index in [2.05, 4.69) is 51.7 Å². The van der Waals surface area contributed by atoms with Crippen molar-refractivity contribution >= 4 is 39.5 Å². The summed E-state index contributed by atoms with van der Waals surface area (Å²) in [6, 6.07) is 24.8. The molecule has 6 nitrogen and oxygen atoms in total. The van der Waals surface area contributed by atoms with Crippen LogP contribution in [0, 0.1) is 0 Å². The fourth-order valence-corrected chi connectivity index (χ4v) is 5.71. The number of ether oxygens (including phenoxy) is 2. The normalized spacial score (nSPS) is 17.7. The van der Waals surface area contributed by atoms with Crippen LogP contribution in [-0.2, 0) is 4.74 Å². The Balaban J connectivity index is 1.30. The molecule has 1 aromatic heterocycles. The summed E-state index contributed by atoms with van der Waals surface area (Å²) in [5, 5.41) is 10.8. The summed E-state index contributed by atoms with van der Waals surface area (Å²) in [4.78, 5) is 7.33. The van der Waals surface area contributed by atoms with Crippen LogP contribution in [0.4, 0.5) is 10.8 Å². The molecule has 2 aliphatic heterocycles. The van der Waals surface area contributed by atoms with Gasteiger partial charge >= 0.3 is 0 Å². The molecule has 1 atom stereocenters. The molecule has 0 aliphatic carbocycles. The van der Waals surface area contributed by atoms with Crippen molar-refractivity contribution in [1.82, 2.24) is 4.98 Å². The number of methoxy groups -OCH3 is 1. The van der Waals surface area contributed by atoms with E-state index in [1.807, 2.05) is 36.4 Å². The predicted octanol–water partition coefficient (Wildman–Crippen LogP) is 6.66. The van der Waals surface area contributed by atoms with Crippen LogP contribution in [0.1, 0.15) is 23.6 Å². The van der Waals surface area contributed by atoms with Crippen molar-refractivity contribution in [2.24, 2.45) is 5.10 Å². The van der Waals surface area contributed by atoms with Crippen LogP contribution in [-0.4, -0.2) is 44.1 Å². The Morgan fingerprint density at radius 2 is 1.62 bits per heavy atom. The van der Waals surface area contributed by atoms with Crippen molar-refractivity contribution in [2.75, 3.05) is 43.3 Å². The molecule has 2 aliphatic rings. The number of benzene rings is 3. The third kappa shape index (κ3) is 5.07. The number of hydrazone groups is 1. The minimum atomic E-state index is 0.0426. The highest BCUT2D eigenvalue weighted by atomic mass is 35.5. The smallest absolute Gasteiger partial charge is 0.207 e. The lowest BCUT2D eigenvalue weighted by Crippen LogP contribution is -2.36. The summed E-state index contributed by atoms with van der Waals surface area (Å²) in [5.41, 5.74) is 6.54. The SMILES string of the molecule is COc1ccc(-c2csc(N3N=C(c4ccc(N5CCOCC5)cc4)CC3c3ccc(Cl)cc3)n2)cc1. The second-order valence-corrected chi connectivity index (χ2v) is 10.3. The molecule has 0 N–H and O–H groups in total. The number of aromatic nitrogens is 1. The first-order chi connectivity index (χ1) is 18.2. The number of morpholine rings is 1. The largest absolute Gasteiger partial charge is 0.497 e. The maximum absolute atomic E-state index is 6.19. The maximum atomic E-state index is 6.19. The lowest BCUT2D eigenvalue weighted by Gasteiger charge is -2.28. The number of nitrogens with zero attached hydrogens (tertiary/aromatic N) is 4. The molecule has 0 amide bonds. The zero-order chi connectivity index (χ0) is 25.2. The topological polar surface area (TPSA) is 50.2 Å². The Morgan fingerprint density at radius 3 is 2.32 bits per heavy atom. The molecule has 37 heavy (non-hydrogen) atoms. The molecule has 0 saturated carbocycles.